The van der Waals surface area contributed by atoms with E-state index < -0.39 is 0 Å². The number of rotatable bonds is 13. The number of para-hydroxylation sites is 1. The third-order valence-electron chi connectivity index (χ3n) is 7.99. The van der Waals surface area contributed by atoms with Crippen LogP contribution in [0.5, 0.6) is 34.5 Å². The number of hydrogen-bond donors (Lipinski definition) is 0. The Hall–Kier alpha value is -5.29. The van der Waals surface area contributed by atoms with Gasteiger partial charge in [0.2, 0.25) is 11.7 Å². The van der Waals surface area contributed by atoms with E-state index in [0.29, 0.717) is 54.8 Å². The molecule has 0 radical (unpaired) electrons. The van der Waals surface area contributed by atoms with Crippen LogP contribution in [-0.4, -0.2) is 63.3 Å². The molecule has 0 bridgehead atoms. The van der Waals surface area contributed by atoms with Gasteiger partial charge in [0.25, 0.3) is 0 Å². The van der Waals surface area contributed by atoms with Gasteiger partial charge in [0, 0.05) is 30.9 Å². The number of hydrazone groups is 1. The number of amides is 1. The van der Waals surface area contributed by atoms with Gasteiger partial charge in [-0.15, -0.1) is 11.3 Å². The van der Waals surface area contributed by atoms with E-state index >= 15 is 0 Å². The second-order valence-corrected chi connectivity index (χ2v) is 12.1. The summed E-state index contributed by atoms with van der Waals surface area (Å²) in [5, 5.41) is 7.16. The highest BCUT2D eigenvalue weighted by atomic mass is 32.1. The van der Waals surface area contributed by atoms with Crippen molar-refractivity contribution in [3.63, 3.8) is 0 Å². The molecule has 10 nitrogen and oxygen atoms in total. The quantitative estimate of drug-likeness (QED) is 0.119. The Balaban J connectivity index is 1.11. The lowest BCUT2D eigenvalue weighted by Gasteiger charge is -2.22. The van der Waals surface area contributed by atoms with Crippen molar-refractivity contribution in [2.75, 3.05) is 41.7 Å². The van der Waals surface area contributed by atoms with E-state index in [1.54, 1.807) is 39.8 Å². The summed E-state index contributed by atoms with van der Waals surface area (Å²) < 4.78 is 35.5. The predicted octanol–water partition coefficient (Wildman–Crippen LogP) is 7.54. The largest absolute Gasteiger partial charge is 0.493 e. The first-order chi connectivity index (χ1) is 23.4. The van der Waals surface area contributed by atoms with Crippen molar-refractivity contribution < 1.29 is 33.2 Å². The van der Waals surface area contributed by atoms with Gasteiger partial charge >= 0.3 is 0 Å². The van der Waals surface area contributed by atoms with Crippen molar-refractivity contribution in [1.29, 1.82) is 0 Å². The van der Waals surface area contributed by atoms with Crippen molar-refractivity contribution in [3.05, 3.63) is 90.0 Å². The smallest absolute Gasteiger partial charge is 0.240 e. The van der Waals surface area contributed by atoms with Gasteiger partial charge in [-0.3, -0.25) is 4.79 Å². The maximum Gasteiger partial charge on any atom is 0.240 e. The second kappa shape index (κ2) is 14.6. The topological polar surface area (TPSA) is 101 Å². The van der Waals surface area contributed by atoms with Gasteiger partial charge < -0.3 is 28.4 Å². The highest BCUT2D eigenvalue weighted by Gasteiger charge is 2.33. The van der Waals surface area contributed by atoms with Crippen LogP contribution in [0.15, 0.2) is 84.0 Å². The molecule has 1 unspecified atom stereocenters. The predicted molar refractivity (Wildman–Crippen MR) is 186 cm³/mol. The van der Waals surface area contributed by atoms with Crippen molar-refractivity contribution in [1.82, 2.24) is 9.99 Å². The van der Waals surface area contributed by atoms with Crippen LogP contribution in [0.4, 0.5) is 0 Å². The molecule has 0 aliphatic carbocycles. The minimum atomic E-state index is -0.337. The highest BCUT2D eigenvalue weighted by molar-refractivity contribution is 7.21. The van der Waals surface area contributed by atoms with E-state index in [9.17, 15) is 4.79 Å². The Kier molecular flexibility index (Phi) is 9.96. The number of methoxy groups -OCH3 is 4. The molecule has 0 saturated carbocycles. The first kappa shape index (κ1) is 32.6. The van der Waals surface area contributed by atoms with Gasteiger partial charge in [0.15, 0.2) is 23.0 Å². The van der Waals surface area contributed by atoms with Crippen molar-refractivity contribution in [3.8, 4) is 45.1 Å². The molecule has 0 spiro atoms. The fraction of sp³-hybridized carbons (Fsp3) is 0.270. The molecule has 48 heavy (non-hydrogen) atoms. The van der Waals surface area contributed by atoms with E-state index in [1.807, 2.05) is 72.8 Å². The van der Waals surface area contributed by atoms with Gasteiger partial charge in [-0.1, -0.05) is 30.3 Å². The summed E-state index contributed by atoms with van der Waals surface area (Å²) in [6.45, 7) is 2.38. The number of benzene rings is 4. The van der Waals surface area contributed by atoms with Gasteiger partial charge in [-0.25, -0.2) is 9.99 Å². The molecule has 1 aromatic heterocycles. The molecule has 248 valence electrons. The molecule has 6 rings (SSSR count). The van der Waals surface area contributed by atoms with Crippen LogP contribution in [0, 0.1) is 0 Å². The van der Waals surface area contributed by atoms with Gasteiger partial charge in [-0.05, 0) is 54.1 Å². The molecule has 1 aliphatic rings. The van der Waals surface area contributed by atoms with Gasteiger partial charge in [0.05, 0.1) is 63.6 Å². The molecule has 4 aromatic carbocycles. The maximum absolute atomic E-state index is 12.7. The molecular formula is C37H37N3O7S. The zero-order valence-electron chi connectivity index (χ0n) is 27.5. The lowest BCUT2D eigenvalue weighted by atomic mass is 9.97. The molecule has 0 fully saturated rings. The van der Waals surface area contributed by atoms with Crippen LogP contribution in [0.1, 0.15) is 36.9 Å². The Morgan fingerprint density at radius 3 is 2.25 bits per heavy atom. The zero-order valence-corrected chi connectivity index (χ0v) is 28.3. The van der Waals surface area contributed by atoms with Crippen LogP contribution < -0.4 is 28.4 Å². The number of carbonyl (C=O) groups excluding carboxylic acids is 1. The Morgan fingerprint density at radius 2 is 1.54 bits per heavy atom. The first-order valence-electron chi connectivity index (χ1n) is 15.5. The fourth-order valence-electron chi connectivity index (χ4n) is 5.64. The van der Waals surface area contributed by atoms with Crippen LogP contribution >= 0.6 is 11.3 Å². The van der Waals surface area contributed by atoms with E-state index in [2.05, 4.69) is 6.07 Å². The van der Waals surface area contributed by atoms with E-state index in [-0.39, 0.29) is 11.9 Å². The number of hydrogen-bond acceptors (Lipinski definition) is 10. The third-order valence-corrected chi connectivity index (χ3v) is 9.08. The lowest BCUT2D eigenvalue weighted by Crippen LogP contribution is -2.24. The third kappa shape index (κ3) is 6.86. The molecule has 0 N–H and O–H groups in total. The molecule has 1 atom stereocenters. The van der Waals surface area contributed by atoms with E-state index in [1.165, 1.54) is 11.9 Å². The van der Waals surface area contributed by atoms with E-state index in [4.69, 9.17) is 38.5 Å². The monoisotopic (exact) mass is 667 g/mol. The highest BCUT2D eigenvalue weighted by Crippen LogP contribution is 2.42. The number of aromatic nitrogens is 1. The molecule has 1 aliphatic heterocycles. The second-order valence-electron chi connectivity index (χ2n) is 11.0. The molecular weight excluding hydrogens is 630 g/mol. The van der Waals surface area contributed by atoms with E-state index in [0.717, 1.165) is 43.4 Å². The number of carbonyl (C=O) groups is 1. The molecule has 2 heterocycles. The van der Waals surface area contributed by atoms with Crippen LogP contribution in [-0.2, 0) is 4.79 Å². The fourth-order valence-corrected chi connectivity index (χ4v) is 6.60. The Labute approximate surface area is 283 Å². The summed E-state index contributed by atoms with van der Waals surface area (Å²) in [6.07, 6.45) is 1.13. The summed E-state index contributed by atoms with van der Waals surface area (Å²) in [4.78, 5) is 17.5. The first-order valence-corrected chi connectivity index (χ1v) is 16.3. The molecule has 0 saturated heterocycles. The molecule has 1 amide bonds. The van der Waals surface area contributed by atoms with Crippen molar-refractivity contribution in [2.24, 2.45) is 5.10 Å². The number of nitrogens with zero attached hydrogens (tertiary/aromatic N) is 3. The molecule has 5 aromatic rings. The van der Waals surface area contributed by atoms with Gasteiger partial charge in [0.1, 0.15) is 10.8 Å². The summed E-state index contributed by atoms with van der Waals surface area (Å²) >= 11 is 1.66. The minimum Gasteiger partial charge on any atom is -0.493 e. The van der Waals surface area contributed by atoms with Crippen molar-refractivity contribution >= 4 is 33.2 Å². The van der Waals surface area contributed by atoms with Crippen LogP contribution in [0.25, 0.3) is 20.8 Å². The average molecular weight is 668 g/mol. The number of ether oxygens (including phenoxy) is 6. The zero-order chi connectivity index (χ0) is 33.6. The number of thiazole rings is 1. The minimum absolute atomic E-state index is 0.176. The maximum atomic E-state index is 12.7. The summed E-state index contributed by atoms with van der Waals surface area (Å²) in [7, 11) is 6.29. The lowest BCUT2D eigenvalue weighted by molar-refractivity contribution is -0.130. The van der Waals surface area contributed by atoms with Gasteiger partial charge in [-0.2, -0.15) is 5.10 Å². The summed E-state index contributed by atoms with van der Waals surface area (Å²) in [5.41, 5.74) is 4.38. The normalized spacial score (nSPS) is 14.1. The summed E-state index contributed by atoms with van der Waals surface area (Å²) in [5.74, 6) is 3.29. The standard InChI is InChI=1S/C37H37N3O7S/c1-23(41)40-30(22-29(39-40)26-20-33(43-3)36(45-5)34(21-26)44-4)24-14-15-31(42-2)32(19-24)47-17-9-16-46-27-11-8-10-25(18-27)37-38-28-12-6-7-13-35(28)48-37/h6-8,10-15,18-21,30H,9,16-17,22H2,1-5H3. The van der Waals surface area contributed by atoms with Crippen molar-refractivity contribution in [2.45, 2.75) is 25.8 Å². The van der Waals surface area contributed by atoms with Crippen LogP contribution in [0.2, 0.25) is 0 Å². The Bertz CT molecular complexity index is 1900. The number of fused-ring (bicyclic) bond motifs is 1. The Morgan fingerprint density at radius 1 is 0.792 bits per heavy atom. The average Bonchev–Trinajstić information content (AvgIpc) is 3.77. The summed E-state index contributed by atoms with van der Waals surface area (Å²) in [6, 6.07) is 25.1. The van der Waals surface area contributed by atoms with Crippen LogP contribution in [0.3, 0.4) is 0 Å². The molecule has 11 heteroatoms. The SMILES string of the molecule is COc1ccc(C2CC(c3cc(OC)c(OC)c(OC)c3)=NN2C(C)=O)cc1OCCCOc1cccc(-c2nc3ccccc3s2)c1.